The zero-order valence-corrected chi connectivity index (χ0v) is 19.1. The number of aromatic nitrogens is 4. The third-order valence-electron chi connectivity index (χ3n) is 5.87. The Labute approximate surface area is 195 Å². The number of rotatable bonds is 7. The zero-order valence-electron chi connectivity index (χ0n) is 18.4. The van der Waals surface area contributed by atoms with Gasteiger partial charge in [0.1, 0.15) is 23.2 Å². The van der Waals surface area contributed by atoms with Crippen LogP contribution in [0.2, 0.25) is 5.02 Å². The second-order valence-corrected chi connectivity index (χ2v) is 8.36. The van der Waals surface area contributed by atoms with E-state index in [2.05, 4.69) is 35.2 Å². The number of ether oxygens (including phenoxy) is 1. The molecule has 1 aliphatic rings. The fourth-order valence-corrected chi connectivity index (χ4v) is 4.13. The molecule has 1 saturated carbocycles. The Hall–Kier alpha value is -3.11. The number of benzene rings is 1. The van der Waals surface area contributed by atoms with Crippen LogP contribution >= 0.6 is 11.6 Å². The minimum absolute atomic E-state index is 0.0186. The van der Waals surface area contributed by atoms with Gasteiger partial charge in [0.15, 0.2) is 5.82 Å². The van der Waals surface area contributed by atoms with Crippen LogP contribution in [0.1, 0.15) is 25.7 Å². The van der Waals surface area contributed by atoms with E-state index in [1.165, 1.54) is 25.6 Å². The normalized spacial score (nSPS) is 18.2. The molecule has 0 radical (unpaired) electrons. The third kappa shape index (κ3) is 5.45. The van der Waals surface area contributed by atoms with Gasteiger partial charge in [-0.1, -0.05) is 11.6 Å². The van der Waals surface area contributed by atoms with E-state index in [0.717, 1.165) is 25.7 Å². The standard InChI is InChI=1S/C22H25ClFN7O2/c1-31(15-6-3-13(4-7-15)25-11-19(32)33-2)22-26-10-18-20(30-22)21(28-12-27-18)29-14-5-8-17(24)16(23)9-14/h5,8-10,12-13,15,25H,3-4,6-7,11H2,1-2H3,(H,27,28,29)/t13-,15-. The number of anilines is 3. The number of hydrogen-bond donors (Lipinski definition) is 2. The largest absolute Gasteiger partial charge is 0.468 e. The van der Waals surface area contributed by atoms with Crippen molar-refractivity contribution in [1.82, 2.24) is 25.3 Å². The van der Waals surface area contributed by atoms with Crippen molar-refractivity contribution in [2.75, 3.05) is 30.9 Å². The van der Waals surface area contributed by atoms with Gasteiger partial charge in [0, 0.05) is 24.8 Å². The maximum atomic E-state index is 13.5. The first-order chi connectivity index (χ1) is 15.9. The number of fused-ring (bicyclic) bond motifs is 1. The third-order valence-corrected chi connectivity index (χ3v) is 6.16. The molecule has 0 unspecified atom stereocenters. The smallest absolute Gasteiger partial charge is 0.319 e. The van der Waals surface area contributed by atoms with Crippen LogP contribution in [-0.4, -0.2) is 58.7 Å². The Bertz CT molecular complexity index is 1140. The SMILES string of the molecule is COC(=O)CN[C@H]1CC[C@H](N(C)c2ncc3ncnc(Nc4ccc(F)c(Cl)c4)c3n2)CC1. The van der Waals surface area contributed by atoms with Gasteiger partial charge in [-0.15, -0.1) is 0 Å². The Morgan fingerprint density at radius 3 is 2.76 bits per heavy atom. The lowest BCUT2D eigenvalue weighted by molar-refractivity contribution is -0.139. The highest BCUT2D eigenvalue weighted by molar-refractivity contribution is 6.31. The lowest BCUT2D eigenvalue weighted by Crippen LogP contribution is -2.42. The van der Waals surface area contributed by atoms with E-state index in [1.807, 2.05) is 7.05 Å². The van der Waals surface area contributed by atoms with Gasteiger partial charge in [-0.25, -0.2) is 24.3 Å². The van der Waals surface area contributed by atoms with Crippen molar-refractivity contribution in [2.45, 2.75) is 37.8 Å². The summed E-state index contributed by atoms with van der Waals surface area (Å²) in [5.41, 5.74) is 1.74. The summed E-state index contributed by atoms with van der Waals surface area (Å²) in [7, 11) is 3.37. The topological polar surface area (TPSA) is 105 Å². The van der Waals surface area contributed by atoms with Gasteiger partial charge in [0.05, 0.1) is 24.9 Å². The molecule has 33 heavy (non-hydrogen) atoms. The van der Waals surface area contributed by atoms with Gasteiger partial charge in [0.2, 0.25) is 5.95 Å². The number of nitrogens with zero attached hydrogens (tertiary/aromatic N) is 5. The Kier molecular flexibility index (Phi) is 7.14. The molecule has 1 aliphatic carbocycles. The maximum Gasteiger partial charge on any atom is 0.319 e. The molecule has 1 fully saturated rings. The average molecular weight is 474 g/mol. The van der Waals surface area contributed by atoms with Gasteiger partial charge < -0.3 is 20.3 Å². The summed E-state index contributed by atoms with van der Waals surface area (Å²) in [4.78, 5) is 31.2. The highest BCUT2D eigenvalue weighted by atomic mass is 35.5. The summed E-state index contributed by atoms with van der Waals surface area (Å²) < 4.78 is 18.2. The highest BCUT2D eigenvalue weighted by Gasteiger charge is 2.26. The Balaban J connectivity index is 1.47. The number of nitrogens with one attached hydrogen (secondary N) is 2. The number of carbonyl (C=O) groups is 1. The van der Waals surface area contributed by atoms with E-state index in [9.17, 15) is 9.18 Å². The van der Waals surface area contributed by atoms with Crippen molar-refractivity contribution in [3.8, 4) is 0 Å². The summed E-state index contributed by atoms with van der Waals surface area (Å²) in [6.07, 6.45) is 6.87. The molecule has 0 bridgehead atoms. The molecule has 4 rings (SSSR count). The number of halogens is 2. The quantitative estimate of drug-likeness (QED) is 0.499. The van der Waals surface area contributed by atoms with Crippen molar-refractivity contribution in [1.29, 1.82) is 0 Å². The molecule has 174 valence electrons. The molecule has 1 aromatic carbocycles. The van der Waals surface area contributed by atoms with Crippen molar-refractivity contribution in [3.63, 3.8) is 0 Å². The van der Waals surface area contributed by atoms with Gasteiger partial charge in [-0.05, 0) is 43.9 Å². The summed E-state index contributed by atoms with van der Waals surface area (Å²) in [5, 5.41) is 6.41. The molecule has 0 amide bonds. The van der Waals surface area contributed by atoms with E-state index >= 15 is 0 Å². The first-order valence-electron chi connectivity index (χ1n) is 10.7. The van der Waals surface area contributed by atoms with Crippen LogP contribution in [0.4, 0.5) is 21.8 Å². The van der Waals surface area contributed by atoms with Gasteiger partial charge in [0.25, 0.3) is 0 Å². The first-order valence-corrected chi connectivity index (χ1v) is 11.0. The Morgan fingerprint density at radius 2 is 2.03 bits per heavy atom. The van der Waals surface area contributed by atoms with Crippen LogP contribution in [0.15, 0.2) is 30.7 Å². The van der Waals surface area contributed by atoms with E-state index in [-0.39, 0.29) is 29.6 Å². The average Bonchev–Trinajstić information content (AvgIpc) is 2.84. The van der Waals surface area contributed by atoms with Crippen molar-refractivity contribution in [2.24, 2.45) is 0 Å². The minimum Gasteiger partial charge on any atom is -0.468 e. The lowest BCUT2D eigenvalue weighted by Gasteiger charge is -2.35. The second-order valence-electron chi connectivity index (χ2n) is 7.95. The number of methoxy groups -OCH3 is 1. The molecule has 11 heteroatoms. The van der Waals surface area contributed by atoms with Crippen LogP contribution in [0.5, 0.6) is 0 Å². The van der Waals surface area contributed by atoms with Gasteiger partial charge in [-0.2, -0.15) is 0 Å². The van der Waals surface area contributed by atoms with E-state index in [0.29, 0.717) is 28.5 Å². The fourth-order valence-electron chi connectivity index (χ4n) is 3.95. The molecular formula is C22H25ClFN7O2. The maximum absolute atomic E-state index is 13.5. The van der Waals surface area contributed by atoms with E-state index in [1.54, 1.807) is 12.3 Å². The molecule has 0 atom stereocenters. The summed E-state index contributed by atoms with van der Waals surface area (Å²) >= 11 is 5.90. The Morgan fingerprint density at radius 1 is 1.24 bits per heavy atom. The number of esters is 1. The summed E-state index contributed by atoms with van der Waals surface area (Å²) in [6, 6.07) is 4.93. The monoisotopic (exact) mass is 473 g/mol. The molecule has 9 nitrogen and oxygen atoms in total. The van der Waals surface area contributed by atoms with Gasteiger partial charge in [-0.3, -0.25) is 4.79 Å². The minimum atomic E-state index is -0.490. The molecule has 2 heterocycles. The molecular weight excluding hydrogens is 449 g/mol. The van der Waals surface area contributed by atoms with Crippen LogP contribution in [0.3, 0.4) is 0 Å². The number of carbonyl (C=O) groups excluding carboxylic acids is 1. The first kappa shape index (κ1) is 23.1. The molecule has 0 spiro atoms. The number of hydrogen-bond acceptors (Lipinski definition) is 9. The highest BCUT2D eigenvalue weighted by Crippen LogP contribution is 2.28. The molecule has 2 aromatic heterocycles. The van der Waals surface area contributed by atoms with E-state index < -0.39 is 5.82 Å². The van der Waals surface area contributed by atoms with E-state index in [4.69, 9.17) is 16.6 Å². The predicted molar refractivity (Wildman–Crippen MR) is 124 cm³/mol. The second kappa shape index (κ2) is 10.2. The van der Waals surface area contributed by atoms with Crippen molar-refractivity contribution >= 4 is 46.1 Å². The molecule has 2 N–H and O–H groups in total. The zero-order chi connectivity index (χ0) is 23.4. The van der Waals surface area contributed by atoms with Crippen molar-refractivity contribution < 1.29 is 13.9 Å². The summed E-state index contributed by atoms with van der Waals surface area (Å²) in [6.45, 7) is 0.227. The summed E-state index contributed by atoms with van der Waals surface area (Å²) in [5.74, 6) is 0.309. The molecule has 3 aromatic rings. The molecule has 0 saturated heterocycles. The van der Waals surface area contributed by atoms with Crippen LogP contribution < -0.4 is 15.5 Å². The fraction of sp³-hybridized carbons (Fsp3) is 0.409. The van der Waals surface area contributed by atoms with Crippen molar-refractivity contribution in [3.05, 3.63) is 41.6 Å². The lowest BCUT2D eigenvalue weighted by atomic mass is 9.90. The van der Waals surface area contributed by atoms with Crippen LogP contribution in [-0.2, 0) is 9.53 Å². The van der Waals surface area contributed by atoms with Gasteiger partial charge >= 0.3 is 5.97 Å². The van der Waals surface area contributed by atoms with Crippen LogP contribution in [0.25, 0.3) is 11.0 Å². The van der Waals surface area contributed by atoms with Crippen LogP contribution in [0, 0.1) is 5.82 Å². The predicted octanol–water partition coefficient (Wildman–Crippen LogP) is 3.47. The molecule has 0 aliphatic heterocycles.